The monoisotopic (exact) mass is 759 g/mol. The van der Waals surface area contributed by atoms with Crippen molar-refractivity contribution in [2.75, 3.05) is 4.90 Å². The highest BCUT2D eigenvalue weighted by atomic mass is 32.1. The molecule has 2 aromatic heterocycles. The second-order valence-corrected chi connectivity index (χ2v) is 17.1. The highest BCUT2D eigenvalue weighted by Gasteiger charge is 2.36. The Labute approximate surface area is 340 Å². The predicted molar refractivity (Wildman–Crippen MR) is 247 cm³/mol. The fraction of sp³-hybridized carbons (Fsp3) is 0.0545. The lowest BCUT2D eigenvalue weighted by atomic mass is 9.82. The molecule has 0 atom stereocenters. The van der Waals surface area contributed by atoms with Crippen molar-refractivity contribution >= 4 is 81.3 Å². The molecule has 0 saturated heterocycles. The van der Waals surface area contributed by atoms with Crippen molar-refractivity contribution < 1.29 is 4.42 Å². The van der Waals surface area contributed by atoms with E-state index in [-0.39, 0.29) is 5.41 Å². The molecule has 2 nitrogen and oxygen atoms in total. The van der Waals surface area contributed by atoms with E-state index < -0.39 is 0 Å². The molecule has 0 fully saturated rings. The van der Waals surface area contributed by atoms with Gasteiger partial charge in [0.15, 0.2) is 0 Å². The fourth-order valence-electron chi connectivity index (χ4n) is 9.69. The molecule has 274 valence electrons. The van der Waals surface area contributed by atoms with Gasteiger partial charge in [0.05, 0.1) is 11.1 Å². The van der Waals surface area contributed by atoms with Gasteiger partial charge in [0.2, 0.25) is 0 Å². The Morgan fingerprint density at radius 1 is 0.448 bits per heavy atom. The van der Waals surface area contributed by atoms with Gasteiger partial charge in [-0.25, -0.2) is 0 Å². The largest absolute Gasteiger partial charge is 0.455 e. The number of thiophene rings is 1. The first-order valence-electron chi connectivity index (χ1n) is 20.0. The van der Waals surface area contributed by atoms with Crippen molar-refractivity contribution in [3.63, 3.8) is 0 Å². The van der Waals surface area contributed by atoms with Crippen molar-refractivity contribution in [1.82, 2.24) is 0 Å². The van der Waals surface area contributed by atoms with Crippen LogP contribution in [0.5, 0.6) is 0 Å². The molecule has 1 aliphatic rings. The Hall–Kier alpha value is -6.94. The number of hydrogen-bond acceptors (Lipinski definition) is 3. The Morgan fingerprint density at radius 3 is 1.95 bits per heavy atom. The quantitative estimate of drug-likeness (QED) is 0.174. The summed E-state index contributed by atoms with van der Waals surface area (Å²) >= 11 is 1.88. The average molecular weight is 760 g/mol. The maximum absolute atomic E-state index is 6.89. The molecule has 58 heavy (non-hydrogen) atoms. The van der Waals surface area contributed by atoms with Crippen LogP contribution in [0.15, 0.2) is 192 Å². The topological polar surface area (TPSA) is 16.4 Å². The zero-order valence-electron chi connectivity index (χ0n) is 32.2. The van der Waals surface area contributed by atoms with E-state index in [0.717, 1.165) is 44.4 Å². The van der Waals surface area contributed by atoms with E-state index in [2.05, 4.69) is 207 Å². The van der Waals surface area contributed by atoms with Crippen LogP contribution in [-0.4, -0.2) is 0 Å². The van der Waals surface area contributed by atoms with Crippen molar-refractivity contribution in [3.05, 3.63) is 199 Å². The minimum Gasteiger partial charge on any atom is -0.455 e. The molecule has 0 unspecified atom stereocenters. The molecule has 0 spiro atoms. The van der Waals surface area contributed by atoms with Crippen LogP contribution in [0.25, 0.3) is 86.3 Å². The molecular weight excluding hydrogens is 723 g/mol. The van der Waals surface area contributed by atoms with Crippen LogP contribution in [0, 0.1) is 0 Å². The normalized spacial score (nSPS) is 13.1. The maximum Gasteiger partial charge on any atom is 0.143 e. The second kappa shape index (κ2) is 12.5. The Morgan fingerprint density at radius 2 is 1.10 bits per heavy atom. The van der Waals surface area contributed by atoms with Gasteiger partial charge in [-0.1, -0.05) is 153 Å². The van der Waals surface area contributed by atoms with Crippen molar-refractivity contribution in [2.24, 2.45) is 0 Å². The molecule has 0 saturated carbocycles. The summed E-state index contributed by atoms with van der Waals surface area (Å²) < 4.78 is 9.54. The van der Waals surface area contributed by atoms with E-state index in [1.807, 2.05) is 11.3 Å². The molecule has 0 radical (unpaired) electrons. The maximum atomic E-state index is 6.89. The van der Waals surface area contributed by atoms with Crippen LogP contribution in [0.1, 0.15) is 25.0 Å². The highest BCUT2D eigenvalue weighted by Crippen LogP contribution is 2.52. The first kappa shape index (κ1) is 33.2. The summed E-state index contributed by atoms with van der Waals surface area (Å²) in [4.78, 5) is 2.41. The SMILES string of the molecule is CC1(C)c2ccccc2-c2ccc(N(c3ccccc3)c3cccc4oc5c6ccccc6c(-c6ccc(-c7cccc8c7sc7ccccc78)cc6)cc5c34)cc21. The van der Waals surface area contributed by atoms with E-state index in [1.165, 1.54) is 70.1 Å². The molecule has 0 amide bonds. The number of benzene rings is 9. The van der Waals surface area contributed by atoms with Crippen LogP contribution in [0.3, 0.4) is 0 Å². The molecule has 12 rings (SSSR count). The summed E-state index contributed by atoms with van der Waals surface area (Å²) in [5.41, 5.74) is 15.2. The van der Waals surface area contributed by atoms with Crippen LogP contribution < -0.4 is 4.90 Å². The number of nitrogens with zero attached hydrogens (tertiary/aromatic N) is 1. The summed E-state index contributed by atoms with van der Waals surface area (Å²) in [5, 5.41) is 7.14. The van der Waals surface area contributed by atoms with Gasteiger partial charge in [-0.15, -0.1) is 11.3 Å². The number of hydrogen-bond donors (Lipinski definition) is 0. The molecule has 3 heteroatoms. The molecule has 11 aromatic rings. The number of fused-ring (bicyclic) bond motifs is 11. The first-order valence-corrected chi connectivity index (χ1v) is 20.8. The molecule has 0 aliphatic heterocycles. The lowest BCUT2D eigenvalue weighted by molar-refractivity contribution is 0.660. The average Bonchev–Trinajstić information content (AvgIpc) is 3.92. The van der Waals surface area contributed by atoms with E-state index in [1.54, 1.807) is 0 Å². The van der Waals surface area contributed by atoms with E-state index >= 15 is 0 Å². The predicted octanol–water partition coefficient (Wildman–Crippen LogP) is 16.2. The minimum atomic E-state index is -0.119. The second-order valence-electron chi connectivity index (χ2n) is 16.0. The molecule has 9 aromatic carbocycles. The van der Waals surface area contributed by atoms with Gasteiger partial charge in [0, 0.05) is 47.7 Å². The number of para-hydroxylation sites is 1. The van der Waals surface area contributed by atoms with E-state index in [0.29, 0.717) is 0 Å². The molecule has 1 aliphatic carbocycles. The van der Waals surface area contributed by atoms with Crippen molar-refractivity contribution in [2.45, 2.75) is 19.3 Å². The first-order chi connectivity index (χ1) is 28.5. The lowest BCUT2D eigenvalue weighted by Crippen LogP contribution is -2.16. The van der Waals surface area contributed by atoms with Crippen LogP contribution >= 0.6 is 11.3 Å². The highest BCUT2D eigenvalue weighted by molar-refractivity contribution is 7.26. The van der Waals surface area contributed by atoms with Gasteiger partial charge in [-0.3, -0.25) is 0 Å². The third-order valence-corrected chi connectivity index (χ3v) is 13.7. The van der Waals surface area contributed by atoms with E-state index in [9.17, 15) is 0 Å². The van der Waals surface area contributed by atoms with E-state index in [4.69, 9.17) is 4.42 Å². The molecule has 0 N–H and O–H groups in total. The number of furan rings is 1. The zero-order valence-corrected chi connectivity index (χ0v) is 33.0. The Bertz CT molecular complexity index is 3420. The third kappa shape index (κ3) is 4.84. The molecule has 0 bridgehead atoms. The summed E-state index contributed by atoms with van der Waals surface area (Å²) in [6.45, 7) is 4.70. The molecule has 2 heterocycles. The van der Waals surface area contributed by atoms with Gasteiger partial charge in [0.25, 0.3) is 0 Å². The number of rotatable bonds is 5. The summed E-state index contributed by atoms with van der Waals surface area (Å²) in [5.74, 6) is 0. The van der Waals surface area contributed by atoms with Crippen LogP contribution in [0.4, 0.5) is 17.1 Å². The summed E-state index contributed by atoms with van der Waals surface area (Å²) in [6, 6.07) is 68.7. The fourth-order valence-corrected chi connectivity index (χ4v) is 10.9. The Balaban J connectivity index is 1.05. The molecular formula is C55H37NOS. The van der Waals surface area contributed by atoms with Gasteiger partial charge >= 0.3 is 0 Å². The van der Waals surface area contributed by atoms with Crippen LogP contribution in [0.2, 0.25) is 0 Å². The third-order valence-electron chi connectivity index (χ3n) is 12.5. The van der Waals surface area contributed by atoms with Gasteiger partial charge in [-0.05, 0) is 98.4 Å². The minimum absolute atomic E-state index is 0.119. The Kier molecular flexibility index (Phi) is 7.18. The van der Waals surface area contributed by atoms with Gasteiger partial charge in [0.1, 0.15) is 11.2 Å². The standard InChI is InChI=1S/C55H37NOS/c1-55(2)47-22-10-8-17-40(47)41-31-30-37(32-48(41)55)56(36-14-4-3-5-15-36)49-23-13-24-50-52(49)46-33-45(39-16-6-7-19-43(39)53(46)57-50)35-28-26-34(27-29-35)38-20-12-21-44-42-18-9-11-25-51(42)58-54(38)44/h3-33H,1-2H3. The van der Waals surface area contributed by atoms with Crippen LogP contribution in [-0.2, 0) is 5.41 Å². The summed E-state index contributed by atoms with van der Waals surface area (Å²) in [6.07, 6.45) is 0. The summed E-state index contributed by atoms with van der Waals surface area (Å²) in [7, 11) is 0. The van der Waals surface area contributed by atoms with Gasteiger partial charge < -0.3 is 9.32 Å². The van der Waals surface area contributed by atoms with Crippen molar-refractivity contribution in [3.8, 4) is 33.4 Å². The number of anilines is 3. The smallest absolute Gasteiger partial charge is 0.143 e. The van der Waals surface area contributed by atoms with Crippen molar-refractivity contribution in [1.29, 1.82) is 0 Å². The van der Waals surface area contributed by atoms with Gasteiger partial charge in [-0.2, -0.15) is 0 Å². The zero-order chi connectivity index (χ0) is 38.5. The lowest BCUT2D eigenvalue weighted by Gasteiger charge is -2.28.